The van der Waals surface area contributed by atoms with Crippen molar-refractivity contribution >= 4 is 17.4 Å². The average molecular weight is 352 g/mol. The smallest absolute Gasteiger partial charge is 0.187 e. The van der Waals surface area contributed by atoms with Crippen molar-refractivity contribution in [1.29, 1.82) is 0 Å². The monoisotopic (exact) mass is 352 g/mol. The van der Waals surface area contributed by atoms with Crippen molar-refractivity contribution < 1.29 is 13.2 Å². The van der Waals surface area contributed by atoms with Crippen molar-refractivity contribution in [2.45, 2.75) is 37.7 Å². The molecule has 3 aromatic rings. The number of hydrogen-bond donors (Lipinski definition) is 0. The van der Waals surface area contributed by atoms with Gasteiger partial charge in [-0.3, -0.25) is 0 Å². The summed E-state index contributed by atoms with van der Waals surface area (Å²) in [4.78, 5) is 0. The Morgan fingerprint density at radius 3 is 2.42 bits per heavy atom. The summed E-state index contributed by atoms with van der Waals surface area (Å²) in [5, 5.41) is 11.6. The number of aromatic nitrogens is 4. The van der Waals surface area contributed by atoms with Crippen LogP contribution in [0.2, 0.25) is 0 Å². The summed E-state index contributed by atoms with van der Waals surface area (Å²) in [5.41, 5.74) is 3.88. The summed E-state index contributed by atoms with van der Waals surface area (Å²) in [6.07, 6.45) is -4.59. The van der Waals surface area contributed by atoms with Crippen LogP contribution < -0.4 is 0 Å². The van der Waals surface area contributed by atoms with E-state index < -0.39 is 12.0 Å². The van der Waals surface area contributed by atoms with E-state index in [2.05, 4.69) is 15.3 Å². The van der Waals surface area contributed by atoms with Gasteiger partial charge in [-0.15, -0.1) is 10.2 Å². The standard InChI is InChI=1S/C16H15F3N4S/c1-9-6-4-5-7-12(9)8-24-14-11(3)10(2)13-20-21-15(16(17,18)19)23(13)22-14/h4-7H,8H2,1-3H3. The van der Waals surface area contributed by atoms with Gasteiger partial charge < -0.3 is 0 Å². The van der Waals surface area contributed by atoms with Crippen LogP contribution in [0.3, 0.4) is 0 Å². The summed E-state index contributed by atoms with van der Waals surface area (Å²) in [5.74, 6) is -0.465. The molecule has 0 N–H and O–H groups in total. The first-order valence-electron chi connectivity index (χ1n) is 7.26. The molecule has 0 fully saturated rings. The van der Waals surface area contributed by atoms with Crippen LogP contribution in [0.1, 0.15) is 28.1 Å². The van der Waals surface area contributed by atoms with Gasteiger partial charge in [-0.1, -0.05) is 36.0 Å². The van der Waals surface area contributed by atoms with Gasteiger partial charge in [0.1, 0.15) is 5.03 Å². The number of fused-ring (bicyclic) bond motifs is 1. The lowest BCUT2D eigenvalue weighted by atomic mass is 10.1. The van der Waals surface area contributed by atoms with Crippen LogP contribution >= 0.6 is 11.8 Å². The lowest BCUT2D eigenvalue weighted by Crippen LogP contribution is -2.13. The second-order valence-corrected chi connectivity index (χ2v) is 6.49. The Morgan fingerprint density at radius 2 is 1.75 bits per heavy atom. The average Bonchev–Trinajstić information content (AvgIpc) is 2.95. The third kappa shape index (κ3) is 2.98. The highest BCUT2D eigenvalue weighted by molar-refractivity contribution is 7.98. The van der Waals surface area contributed by atoms with E-state index in [-0.39, 0.29) is 5.65 Å². The molecular formula is C16H15F3N4S. The molecule has 0 aliphatic rings. The zero-order valence-corrected chi connectivity index (χ0v) is 14.2. The van der Waals surface area contributed by atoms with E-state index >= 15 is 0 Å². The molecule has 0 aliphatic carbocycles. The van der Waals surface area contributed by atoms with Gasteiger partial charge in [0, 0.05) is 11.3 Å². The van der Waals surface area contributed by atoms with Gasteiger partial charge in [-0.25, -0.2) is 0 Å². The van der Waals surface area contributed by atoms with Crippen LogP contribution in [0.15, 0.2) is 29.3 Å². The van der Waals surface area contributed by atoms with Crippen LogP contribution in [0.25, 0.3) is 5.65 Å². The maximum atomic E-state index is 13.0. The maximum Gasteiger partial charge on any atom is 0.453 e. The van der Waals surface area contributed by atoms with Crippen molar-refractivity contribution in [3.05, 3.63) is 52.3 Å². The summed E-state index contributed by atoms with van der Waals surface area (Å²) in [6, 6.07) is 7.91. The molecule has 2 heterocycles. The molecule has 0 unspecified atom stereocenters. The number of nitrogens with zero attached hydrogens (tertiary/aromatic N) is 4. The van der Waals surface area contributed by atoms with Crippen molar-refractivity contribution in [3.63, 3.8) is 0 Å². The maximum absolute atomic E-state index is 13.0. The van der Waals surface area contributed by atoms with Crippen LogP contribution in [0.4, 0.5) is 13.2 Å². The topological polar surface area (TPSA) is 43.1 Å². The van der Waals surface area contributed by atoms with E-state index in [0.29, 0.717) is 16.3 Å². The Balaban J connectivity index is 2.02. The number of halogens is 3. The predicted molar refractivity (Wildman–Crippen MR) is 86.0 cm³/mol. The highest BCUT2D eigenvalue weighted by Gasteiger charge is 2.38. The van der Waals surface area contributed by atoms with Gasteiger partial charge in [-0.2, -0.15) is 22.8 Å². The van der Waals surface area contributed by atoms with Gasteiger partial charge in [0.2, 0.25) is 0 Å². The molecule has 4 nitrogen and oxygen atoms in total. The fourth-order valence-electron chi connectivity index (χ4n) is 2.33. The summed E-state index contributed by atoms with van der Waals surface area (Å²) in [7, 11) is 0. The van der Waals surface area contributed by atoms with Gasteiger partial charge in [-0.05, 0) is 37.5 Å². The van der Waals surface area contributed by atoms with Gasteiger partial charge in [0.15, 0.2) is 5.65 Å². The number of rotatable bonds is 3. The molecule has 0 amide bonds. The quantitative estimate of drug-likeness (QED) is 0.657. The number of alkyl halides is 3. The molecule has 0 atom stereocenters. The zero-order chi connectivity index (χ0) is 17.5. The molecule has 3 rings (SSSR count). The molecule has 1 aromatic carbocycles. The van der Waals surface area contributed by atoms with Crippen LogP contribution in [-0.4, -0.2) is 19.8 Å². The number of aryl methyl sites for hydroxylation is 2. The van der Waals surface area contributed by atoms with Crippen LogP contribution in [0, 0.1) is 20.8 Å². The van der Waals surface area contributed by atoms with E-state index in [1.807, 2.05) is 38.1 Å². The second-order valence-electron chi connectivity index (χ2n) is 5.53. The van der Waals surface area contributed by atoms with Crippen molar-refractivity contribution in [2.24, 2.45) is 0 Å². The first-order valence-corrected chi connectivity index (χ1v) is 8.24. The molecule has 8 heteroatoms. The minimum atomic E-state index is -4.59. The minimum absolute atomic E-state index is 0.139. The molecule has 0 saturated carbocycles. The lowest BCUT2D eigenvalue weighted by molar-refractivity contribution is -0.146. The summed E-state index contributed by atoms with van der Waals surface area (Å²) < 4.78 is 39.9. The normalized spacial score (nSPS) is 12.1. The third-order valence-corrected chi connectivity index (χ3v) is 5.05. The number of thioether (sulfide) groups is 1. The Bertz CT molecular complexity index is 902. The second kappa shape index (κ2) is 6.08. The molecule has 0 saturated heterocycles. The van der Waals surface area contributed by atoms with Crippen molar-refractivity contribution in [3.8, 4) is 0 Å². The lowest BCUT2D eigenvalue weighted by Gasteiger charge is -2.11. The Labute approximate surface area is 141 Å². The fourth-order valence-corrected chi connectivity index (χ4v) is 3.46. The Hall–Kier alpha value is -2.09. The largest absolute Gasteiger partial charge is 0.453 e. The summed E-state index contributed by atoms with van der Waals surface area (Å²) >= 11 is 1.41. The van der Waals surface area contributed by atoms with E-state index in [1.54, 1.807) is 6.92 Å². The highest BCUT2D eigenvalue weighted by Crippen LogP contribution is 2.32. The summed E-state index contributed by atoms with van der Waals surface area (Å²) in [6.45, 7) is 5.58. The molecule has 0 aliphatic heterocycles. The van der Waals surface area contributed by atoms with E-state index in [0.717, 1.165) is 21.2 Å². The molecule has 0 radical (unpaired) electrons. The number of hydrogen-bond acceptors (Lipinski definition) is 4. The van der Waals surface area contributed by atoms with Crippen molar-refractivity contribution in [2.75, 3.05) is 0 Å². The fraction of sp³-hybridized carbons (Fsp3) is 0.312. The molecule has 0 bridgehead atoms. The SMILES string of the molecule is Cc1ccccc1CSc1nn2c(C(F)(F)F)nnc2c(C)c1C. The van der Waals surface area contributed by atoms with Crippen LogP contribution in [0.5, 0.6) is 0 Å². The minimum Gasteiger partial charge on any atom is -0.187 e. The van der Waals surface area contributed by atoms with Crippen LogP contribution in [-0.2, 0) is 11.9 Å². The first-order chi connectivity index (χ1) is 11.3. The molecule has 2 aromatic heterocycles. The Morgan fingerprint density at radius 1 is 1.04 bits per heavy atom. The van der Waals surface area contributed by atoms with E-state index in [9.17, 15) is 13.2 Å². The third-order valence-electron chi connectivity index (χ3n) is 3.93. The molecule has 126 valence electrons. The van der Waals surface area contributed by atoms with Gasteiger partial charge in [0.25, 0.3) is 5.82 Å². The first kappa shape index (κ1) is 16.8. The van der Waals surface area contributed by atoms with Gasteiger partial charge >= 0.3 is 6.18 Å². The highest BCUT2D eigenvalue weighted by atomic mass is 32.2. The van der Waals surface area contributed by atoms with Gasteiger partial charge in [0.05, 0.1) is 0 Å². The van der Waals surface area contributed by atoms with E-state index in [1.165, 1.54) is 11.8 Å². The predicted octanol–water partition coefficient (Wildman–Crippen LogP) is 4.36. The number of benzene rings is 1. The van der Waals surface area contributed by atoms with E-state index in [4.69, 9.17) is 0 Å². The molecular weight excluding hydrogens is 337 g/mol. The van der Waals surface area contributed by atoms with Crippen molar-refractivity contribution in [1.82, 2.24) is 19.8 Å². The zero-order valence-electron chi connectivity index (χ0n) is 13.3. The molecule has 24 heavy (non-hydrogen) atoms. The Kier molecular flexibility index (Phi) is 4.25. The molecule has 0 spiro atoms.